The van der Waals surface area contributed by atoms with Crippen molar-refractivity contribution >= 4 is 28.2 Å². The molecule has 1 fully saturated rings. The maximum atomic E-state index is 13.2. The van der Waals surface area contributed by atoms with Gasteiger partial charge in [-0.2, -0.15) is 0 Å². The molecule has 1 N–H and O–H groups in total. The van der Waals surface area contributed by atoms with Gasteiger partial charge in [-0.05, 0) is 72.5 Å². The number of esters is 1. The average Bonchev–Trinajstić information content (AvgIpc) is 3.30. The van der Waals surface area contributed by atoms with Crippen LogP contribution in [0.25, 0.3) is 27.7 Å². The molecule has 6 nitrogen and oxygen atoms in total. The lowest BCUT2D eigenvalue weighted by molar-refractivity contribution is 0.0732. The Hall–Kier alpha value is -4.32. The summed E-state index contributed by atoms with van der Waals surface area (Å²) < 4.78 is 13.6. The first-order valence-electron chi connectivity index (χ1n) is 13.2. The third kappa shape index (κ3) is 4.58. The Morgan fingerprint density at radius 1 is 0.947 bits per heavy atom. The molecule has 5 aromatic rings. The zero-order chi connectivity index (χ0) is 26.1. The van der Waals surface area contributed by atoms with Crippen LogP contribution < -0.4 is 14.8 Å². The van der Waals surface area contributed by atoms with Crippen molar-refractivity contribution in [1.82, 2.24) is 9.38 Å². The quantitative estimate of drug-likeness (QED) is 0.192. The molecule has 2 heterocycles. The van der Waals surface area contributed by atoms with Crippen molar-refractivity contribution in [3.63, 3.8) is 0 Å². The van der Waals surface area contributed by atoms with E-state index in [2.05, 4.69) is 35.0 Å². The van der Waals surface area contributed by atoms with Gasteiger partial charge < -0.3 is 14.8 Å². The first-order chi connectivity index (χ1) is 18.6. The summed E-state index contributed by atoms with van der Waals surface area (Å²) in [5.74, 6) is 1.41. The van der Waals surface area contributed by atoms with Gasteiger partial charge in [-0.25, -0.2) is 9.78 Å². The number of nitrogens with one attached hydrogen (secondary N) is 1. The Morgan fingerprint density at radius 2 is 1.76 bits per heavy atom. The number of ether oxygens (including phenoxy) is 2. The highest BCUT2D eigenvalue weighted by molar-refractivity contribution is 6.05. The van der Waals surface area contributed by atoms with Crippen LogP contribution in [-0.2, 0) is 0 Å². The standard InChI is InChI=1S/C32H31N3O3/c1-21-17-18-35-29(19-21)34-30(31(35)33-24-11-4-3-5-12-24)23-15-16-27(28(20-23)37-2)38-32(36)26-14-8-10-22-9-6-7-13-25(22)26/h6-10,13-20,24,33H,3-5,11-12H2,1-2H3. The van der Waals surface area contributed by atoms with Gasteiger partial charge in [-0.1, -0.05) is 55.7 Å². The van der Waals surface area contributed by atoms with E-state index in [-0.39, 0.29) is 0 Å². The molecule has 0 amide bonds. The van der Waals surface area contributed by atoms with E-state index in [1.54, 1.807) is 19.2 Å². The molecule has 0 spiro atoms. The number of aromatic nitrogens is 2. The van der Waals surface area contributed by atoms with Gasteiger partial charge in [0.05, 0.1) is 12.7 Å². The van der Waals surface area contributed by atoms with Gasteiger partial charge in [0.1, 0.15) is 17.2 Å². The van der Waals surface area contributed by atoms with Gasteiger partial charge in [-0.15, -0.1) is 0 Å². The molecule has 6 rings (SSSR count). The largest absolute Gasteiger partial charge is 0.493 e. The van der Waals surface area contributed by atoms with Crippen molar-refractivity contribution in [2.45, 2.75) is 45.1 Å². The zero-order valence-electron chi connectivity index (χ0n) is 21.7. The molecule has 0 unspecified atom stereocenters. The minimum absolute atomic E-state index is 0.371. The smallest absolute Gasteiger partial charge is 0.344 e. The maximum Gasteiger partial charge on any atom is 0.344 e. The van der Waals surface area contributed by atoms with Crippen LogP contribution in [0.3, 0.4) is 0 Å². The van der Waals surface area contributed by atoms with Gasteiger partial charge in [-0.3, -0.25) is 4.40 Å². The van der Waals surface area contributed by atoms with Crippen LogP contribution in [0.5, 0.6) is 11.5 Å². The highest BCUT2D eigenvalue weighted by Gasteiger charge is 2.22. The number of hydrogen-bond acceptors (Lipinski definition) is 5. The third-order valence-corrected chi connectivity index (χ3v) is 7.38. The Labute approximate surface area is 222 Å². The predicted molar refractivity (Wildman–Crippen MR) is 151 cm³/mol. The van der Waals surface area contributed by atoms with Crippen LogP contribution in [-0.4, -0.2) is 28.5 Å². The minimum Gasteiger partial charge on any atom is -0.493 e. The van der Waals surface area contributed by atoms with Crippen molar-refractivity contribution in [1.29, 1.82) is 0 Å². The lowest BCUT2D eigenvalue weighted by Gasteiger charge is -2.24. The zero-order valence-corrected chi connectivity index (χ0v) is 21.7. The fourth-order valence-electron chi connectivity index (χ4n) is 5.38. The van der Waals surface area contributed by atoms with E-state index in [1.807, 2.05) is 48.5 Å². The minimum atomic E-state index is -0.421. The lowest BCUT2D eigenvalue weighted by Crippen LogP contribution is -2.23. The van der Waals surface area contributed by atoms with E-state index in [4.69, 9.17) is 14.5 Å². The second-order valence-electron chi connectivity index (χ2n) is 10.0. The molecular weight excluding hydrogens is 474 g/mol. The Balaban J connectivity index is 1.35. The highest BCUT2D eigenvalue weighted by Crippen LogP contribution is 2.37. The number of methoxy groups -OCH3 is 1. The Bertz CT molecular complexity index is 1630. The summed E-state index contributed by atoms with van der Waals surface area (Å²) in [6.45, 7) is 2.07. The van der Waals surface area contributed by atoms with Gasteiger partial charge >= 0.3 is 5.97 Å². The number of pyridine rings is 1. The maximum absolute atomic E-state index is 13.2. The number of rotatable bonds is 6. The number of anilines is 1. The number of benzene rings is 3. The van der Waals surface area contributed by atoms with Crippen LogP contribution in [0.15, 0.2) is 79.0 Å². The lowest BCUT2D eigenvalue weighted by atomic mass is 9.95. The van der Waals surface area contributed by atoms with Crippen LogP contribution in [0, 0.1) is 6.92 Å². The van der Waals surface area contributed by atoms with Crippen LogP contribution in [0.2, 0.25) is 0 Å². The number of imidazole rings is 1. The number of hydrogen-bond donors (Lipinski definition) is 1. The van der Waals surface area contributed by atoms with E-state index < -0.39 is 5.97 Å². The molecule has 6 heteroatoms. The summed E-state index contributed by atoms with van der Waals surface area (Å²) in [5.41, 5.74) is 4.32. The summed E-state index contributed by atoms with van der Waals surface area (Å²) in [7, 11) is 1.59. The van der Waals surface area contributed by atoms with Gasteiger partial charge in [0.15, 0.2) is 11.5 Å². The number of carbonyl (C=O) groups excluding carboxylic acids is 1. The van der Waals surface area contributed by atoms with E-state index >= 15 is 0 Å². The van der Waals surface area contributed by atoms with Crippen molar-refractivity contribution in [3.05, 3.63) is 90.1 Å². The molecule has 0 aliphatic heterocycles. The van der Waals surface area contributed by atoms with Crippen LogP contribution in [0.1, 0.15) is 48.0 Å². The molecule has 0 radical (unpaired) electrons. The summed E-state index contributed by atoms with van der Waals surface area (Å²) in [5, 5.41) is 5.63. The molecule has 0 atom stereocenters. The molecular formula is C32H31N3O3. The highest BCUT2D eigenvalue weighted by atomic mass is 16.6. The summed E-state index contributed by atoms with van der Waals surface area (Å²) in [6.07, 6.45) is 8.17. The monoisotopic (exact) mass is 505 g/mol. The topological polar surface area (TPSA) is 64.9 Å². The van der Waals surface area contributed by atoms with Gasteiger partial charge in [0, 0.05) is 17.8 Å². The normalized spacial score (nSPS) is 14.1. The third-order valence-electron chi connectivity index (χ3n) is 7.38. The second kappa shape index (κ2) is 10.2. The average molecular weight is 506 g/mol. The van der Waals surface area contributed by atoms with Crippen molar-refractivity contribution in [3.8, 4) is 22.8 Å². The fraction of sp³-hybridized carbons (Fsp3) is 0.250. The molecule has 1 aliphatic carbocycles. The molecule has 1 saturated carbocycles. The SMILES string of the molecule is COc1cc(-c2nc3cc(C)ccn3c2NC2CCCCC2)ccc1OC(=O)c1cccc2ccccc12. The summed E-state index contributed by atoms with van der Waals surface area (Å²) in [4.78, 5) is 18.2. The molecule has 192 valence electrons. The van der Waals surface area contributed by atoms with E-state index in [0.717, 1.165) is 51.9 Å². The first-order valence-corrected chi connectivity index (χ1v) is 13.2. The molecule has 2 aromatic heterocycles. The molecule has 0 saturated heterocycles. The molecule has 0 bridgehead atoms. The van der Waals surface area contributed by atoms with E-state index in [0.29, 0.717) is 23.1 Å². The first kappa shape index (κ1) is 24.0. The molecule has 1 aliphatic rings. The van der Waals surface area contributed by atoms with Crippen LogP contribution >= 0.6 is 0 Å². The number of nitrogens with zero attached hydrogens (tertiary/aromatic N) is 2. The molecule has 3 aromatic carbocycles. The van der Waals surface area contributed by atoms with Gasteiger partial charge in [0.2, 0.25) is 0 Å². The van der Waals surface area contributed by atoms with Gasteiger partial charge in [0.25, 0.3) is 0 Å². The molecule has 38 heavy (non-hydrogen) atoms. The number of aryl methyl sites for hydroxylation is 1. The Kier molecular flexibility index (Phi) is 6.46. The Morgan fingerprint density at radius 3 is 2.61 bits per heavy atom. The number of carbonyl (C=O) groups is 1. The van der Waals surface area contributed by atoms with Crippen molar-refractivity contribution in [2.24, 2.45) is 0 Å². The predicted octanol–water partition coefficient (Wildman–Crippen LogP) is 7.44. The van der Waals surface area contributed by atoms with E-state index in [9.17, 15) is 4.79 Å². The van der Waals surface area contributed by atoms with Crippen molar-refractivity contribution in [2.75, 3.05) is 12.4 Å². The van der Waals surface area contributed by atoms with E-state index in [1.165, 1.54) is 19.3 Å². The van der Waals surface area contributed by atoms with Crippen molar-refractivity contribution < 1.29 is 14.3 Å². The number of fused-ring (bicyclic) bond motifs is 2. The van der Waals surface area contributed by atoms with Crippen LogP contribution in [0.4, 0.5) is 5.82 Å². The second-order valence-corrected chi connectivity index (χ2v) is 10.0. The fourth-order valence-corrected chi connectivity index (χ4v) is 5.38. The summed E-state index contributed by atoms with van der Waals surface area (Å²) >= 11 is 0. The summed E-state index contributed by atoms with van der Waals surface area (Å²) in [6, 6.07) is 23.7.